The number of carbonyl (C=O) groups is 1. The van der Waals surface area contributed by atoms with Crippen LogP contribution in [0.3, 0.4) is 0 Å². The molecular formula is C14H18F4N2OS. The van der Waals surface area contributed by atoms with Crippen LogP contribution in [0.1, 0.15) is 26.3 Å². The summed E-state index contributed by atoms with van der Waals surface area (Å²) in [5.74, 6) is -0.533. The summed E-state index contributed by atoms with van der Waals surface area (Å²) in [6.07, 6.45) is -4.74. The first-order chi connectivity index (χ1) is 10.0. The van der Waals surface area contributed by atoms with Crippen LogP contribution in [-0.2, 0) is 6.18 Å². The van der Waals surface area contributed by atoms with E-state index in [4.69, 9.17) is 0 Å². The van der Waals surface area contributed by atoms with Gasteiger partial charge in [-0.1, -0.05) is 26.8 Å². The number of urea groups is 1. The molecule has 0 saturated carbocycles. The molecule has 2 amide bonds. The van der Waals surface area contributed by atoms with Crippen molar-refractivity contribution in [2.24, 2.45) is 0 Å². The third kappa shape index (κ3) is 6.13. The van der Waals surface area contributed by atoms with Gasteiger partial charge in [0, 0.05) is 17.0 Å². The zero-order valence-electron chi connectivity index (χ0n) is 12.5. The van der Waals surface area contributed by atoms with Crippen molar-refractivity contribution in [3.63, 3.8) is 0 Å². The van der Waals surface area contributed by atoms with Crippen LogP contribution in [0.2, 0.25) is 0 Å². The molecule has 0 heterocycles. The molecule has 0 aliphatic rings. The standard InChI is InChI=1S/C14H18F4N2OS/c1-13(2,3)22-8-7-19-12(21)20-11-9(14(16,17)18)5-4-6-10(11)15/h4-6H,7-8H2,1-3H3,(H2,19,20,21). The molecule has 0 aromatic heterocycles. The Hall–Kier alpha value is -1.44. The van der Waals surface area contributed by atoms with E-state index < -0.39 is 29.3 Å². The molecule has 0 spiro atoms. The van der Waals surface area contributed by atoms with Crippen LogP contribution in [0.15, 0.2) is 18.2 Å². The van der Waals surface area contributed by atoms with Crippen LogP contribution in [0, 0.1) is 5.82 Å². The highest BCUT2D eigenvalue weighted by Gasteiger charge is 2.35. The third-order valence-electron chi connectivity index (χ3n) is 2.48. The maximum Gasteiger partial charge on any atom is 0.418 e. The Labute approximate surface area is 130 Å². The van der Waals surface area contributed by atoms with E-state index in [1.165, 1.54) is 0 Å². The number of anilines is 1. The second-order valence-electron chi connectivity index (χ2n) is 5.50. The Bertz CT molecular complexity index is 527. The van der Waals surface area contributed by atoms with E-state index >= 15 is 0 Å². The second kappa shape index (κ2) is 7.21. The van der Waals surface area contributed by atoms with E-state index in [1.807, 2.05) is 26.1 Å². The fourth-order valence-electron chi connectivity index (χ4n) is 1.57. The molecule has 0 bridgehead atoms. The summed E-state index contributed by atoms with van der Waals surface area (Å²) in [7, 11) is 0. The molecule has 0 aliphatic heterocycles. The number of rotatable bonds is 4. The highest BCUT2D eigenvalue weighted by atomic mass is 32.2. The molecule has 0 atom stereocenters. The van der Waals surface area contributed by atoms with Gasteiger partial charge in [0.1, 0.15) is 5.82 Å². The number of halogens is 4. The topological polar surface area (TPSA) is 41.1 Å². The molecule has 2 N–H and O–H groups in total. The molecule has 1 rings (SSSR count). The first-order valence-corrected chi connectivity index (χ1v) is 7.54. The Morgan fingerprint density at radius 3 is 2.41 bits per heavy atom. The average molecular weight is 338 g/mol. The highest BCUT2D eigenvalue weighted by molar-refractivity contribution is 8.00. The van der Waals surface area contributed by atoms with Gasteiger partial charge in [-0.25, -0.2) is 9.18 Å². The summed E-state index contributed by atoms with van der Waals surface area (Å²) < 4.78 is 51.9. The van der Waals surface area contributed by atoms with Crippen LogP contribution in [0.25, 0.3) is 0 Å². The number of hydrogen-bond donors (Lipinski definition) is 2. The Morgan fingerprint density at radius 1 is 1.23 bits per heavy atom. The fraction of sp³-hybridized carbons (Fsp3) is 0.500. The van der Waals surface area contributed by atoms with Gasteiger partial charge in [0.2, 0.25) is 0 Å². The molecule has 0 fully saturated rings. The normalized spacial score (nSPS) is 12.1. The number of amides is 2. The van der Waals surface area contributed by atoms with Crippen LogP contribution in [-0.4, -0.2) is 23.1 Å². The van der Waals surface area contributed by atoms with Crippen LogP contribution in [0.5, 0.6) is 0 Å². The lowest BCUT2D eigenvalue weighted by molar-refractivity contribution is -0.137. The van der Waals surface area contributed by atoms with E-state index in [0.29, 0.717) is 11.8 Å². The van der Waals surface area contributed by atoms with Crippen molar-refractivity contribution < 1.29 is 22.4 Å². The summed E-state index contributed by atoms with van der Waals surface area (Å²) in [6, 6.07) is 1.65. The maximum absolute atomic E-state index is 13.5. The number of hydrogen-bond acceptors (Lipinski definition) is 2. The Balaban J connectivity index is 2.65. The predicted molar refractivity (Wildman–Crippen MR) is 80.6 cm³/mol. The van der Waals surface area contributed by atoms with Crippen LogP contribution in [0.4, 0.5) is 28.0 Å². The number of benzene rings is 1. The van der Waals surface area contributed by atoms with Crippen LogP contribution < -0.4 is 10.6 Å². The van der Waals surface area contributed by atoms with Gasteiger partial charge < -0.3 is 10.6 Å². The lowest BCUT2D eigenvalue weighted by atomic mass is 10.1. The highest BCUT2D eigenvalue weighted by Crippen LogP contribution is 2.36. The third-order valence-corrected chi connectivity index (χ3v) is 3.75. The van der Waals surface area contributed by atoms with Crippen molar-refractivity contribution in [3.05, 3.63) is 29.6 Å². The van der Waals surface area contributed by atoms with E-state index in [-0.39, 0.29) is 11.3 Å². The van der Waals surface area contributed by atoms with Crippen molar-refractivity contribution in [1.82, 2.24) is 5.32 Å². The number of thioether (sulfide) groups is 1. The number of carbonyl (C=O) groups excluding carboxylic acids is 1. The lowest BCUT2D eigenvalue weighted by Crippen LogP contribution is -2.32. The van der Waals surface area contributed by atoms with Gasteiger partial charge in [0.25, 0.3) is 0 Å². The predicted octanol–water partition coefficient (Wildman–Crippen LogP) is 4.50. The summed E-state index contributed by atoms with van der Waals surface area (Å²) in [4.78, 5) is 11.6. The smallest absolute Gasteiger partial charge is 0.337 e. The molecule has 1 aromatic rings. The molecule has 22 heavy (non-hydrogen) atoms. The summed E-state index contributed by atoms with van der Waals surface area (Å²) in [5, 5.41) is 4.33. The van der Waals surface area contributed by atoms with E-state index in [9.17, 15) is 22.4 Å². The molecule has 0 radical (unpaired) electrons. The Morgan fingerprint density at radius 2 is 1.86 bits per heavy atom. The first kappa shape index (κ1) is 18.6. The quantitative estimate of drug-likeness (QED) is 0.627. The summed E-state index contributed by atoms with van der Waals surface area (Å²) in [6.45, 7) is 6.29. The minimum absolute atomic E-state index is 0.0210. The average Bonchev–Trinajstić information content (AvgIpc) is 2.34. The van der Waals surface area contributed by atoms with Gasteiger partial charge in [0.05, 0.1) is 11.3 Å². The summed E-state index contributed by atoms with van der Waals surface area (Å²) in [5.41, 5.74) is -2.08. The van der Waals surface area contributed by atoms with Crippen molar-refractivity contribution in [2.75, 3.05) is 17.6 Å². The Kier molecular flexibility index (Phi) is 6.10. The van der Waals surface area contributed by atoms with Gasteiger partial charge >= 0.3 is 12.2 Å². The van der Waals surface area contributed by atoms with E-state index in [1.54, 1.807) is 11.8 Å². The van der Waals surface area contributed by atoms with Gasteiger partial charge in [0.15, 0.2) is 0 Å². The fourth-order valence-corrected chi connectivity index (χ4v) is 2.38. The maximum atomic E-state index is 13.5. The van der Waals surface area contributed by atoms with Gasteiger partial charge in [-0.05, 0) is 12.1 Å². The van der Waals surface area contributed by atoms with Crippen LogP contribution >= 0.6 is 11.8 Å². The van der Waals surface area contributed by atoms with Gasteiger partial charge in [-0.3, -0.25) is 0 Å². The lowest BCUT2D eigenvalue weighted by Gasteiger charge is -2.18. The minimum Gasteiger partial charge on any atom is -0.337 e. The molecule has 1 aromatic carbocycles. The van der Waals surface area contributed by atoms with E-state index in [2.05, 4.69) is 5.32 Å². The van der Waals surface area contributed by atoms with Crippen molar-refractivity contribution in [3.8, 4) is 0 Å². The van der Waals surface area contributed by atoms with Gasteiger partial charge in [-0.15, -0.1) is 0 Å². The van der Waals surface area contributed by atoms with Crippen molar-refractivity contribution in [2.45, 2.75) is 31.7 Å². The number of nitrogens with one attached hydrogen (secondary N) is 2. The number of alkyl halides is 3. The largest absolute Gasteiger partial charge is 0.418 e. The molecule has 8 heteroatoms. The van der Waals surface area contributed by atoms with Gasteiger partial charge in [-0.2, -0.15) is 24.9 Å². The first-order valence-electron chi connectivity index (χ1n) is 6.55. The van der Waals surface area contributed by atoms with Crippen molar-refractivity contribution in [1.29, 1.82) is 0 Å². The summed E-state index contributed by atoms with van der Waals surface area (Å²) >= 11 is 1.60. The molecule has 0 saturated heterocycles. The molecule has 0 aliphatic carbocycles. The zero-order valence-corrected chi connectivity index (χ0v) is 13.3. The molecule has 0 unspecified atom stereocenters. The SMILES string of the molecule is CC(C)(C)SCCNC(=O)Nc1c(F)cccc1C(F)(F)F. The minimum atomic E-state index is -4.74. The second-order valence-corrected chi connectivity index (χ2v) is 7.42. The molecular weight excluding hydrogens is 320 g/mol. The van der Waals surface area contributed by atoms with E-state index in [0.717, 1.165) is 12.1 Å². The van der Waals surface area contributed by atoms with Crippen molar-refractivity contribution >= 4 is 23.5 Å². The number of para-hydroxylation sites is 1. The monoisotopic (exact) mass is 338 g/mol. The zero-order chi connectivity index (χ0) is 17.0. The molecule has 3 nitrogen and oxygen atoms in total. The molecule has 124 valence electrons.